The molecule has 102 valence electrons. The number of halogens is 2. The second-order valence-corrected chi connectivity index (χ2v) is 5.66. The number of ketones is 1. The first-order valence-electron chi connectivity index (χ1n) is 6.84. The maximum atomic E-state index is 13.5. The third kappa shape index (κ3) is 2.41. The number of likely N-dealkylation sites (tertiary alicyclic amines) is 1. The second kappa shape index (κ2) is 5.00. The van der Waals surface area contributed by atoms with E-state index in [4.69, 9.17) is 0 Å². The van der Waals surface area contributed by atoms with E-state index in [1.54, 1.807) is 0 Å². The van der Waals surface area contributed by atoms with Crippen LogP contribution in [-0.4, -0.2) is 30.3 Å². The van der Waals surface area contributed by atoms with Gasteiger partial charge in [0, 0.05) is 13.1 Å². The zero-order chi connectivity index (χ0) is 13.4. The van der Waals surface area contributed by atoms with E-state index in [9.17, 15) is 13.6 Å². The summed E-state index contributed by atoms with van der Waals surface area (Å²) < 4.78 is 27.1. The number of nitrogens with zero attached hydrogens (tertiary/aromatic N) is 1. The van der Waals surface area contributed by atoms with Crippen LogP contribution in [0.2, 0.25) is 0 Å². The van der Waals surface area contributed by atoms with E-state index in [1.165, 1.54) is 25.3 Å². The third-order valence-electron chi connectivity index (χ3n) is 4.41. The fraction of sp³-hybridized carbons (Fsp3) is 0.533. The van der Waals surface area contributed by atoms with Gasteiger partial charge in [0.15, 0.2) is 5.78 Å². The molecule has 1 saturated heterocycles. The fourth-order valence-electron chi connectivity index (χ4n) is 3.51. The largest absolute Gasteiger partial charge is 0.295 e. The van der Waals surface area contributed by atoms with Gasteiger partial charge in [0.2, 0.25) is 0 Å². The Hall–Kier alpha value is -1.29. The number of carbonyl (C=O) groups excluding carboxylic acids is 1. The molecule has 0 radical (unpaired) electrons. The lowest BCUT2D eigenvalue weighted by Crippen LogP contribution is -2.29. The van der Waals surface area contributed by atoms with Gasteiger partial charge in [-0.2, -0.15) is 0 Å². The monoisotopic (exact) mass is 265 g/mol. The quantitative estimate of drug-likeness (QED) is 0.783. The Morgan fingerprint density at radius 2 is 1.74 bits per heavy atom. The summed E-state index contributed by atoms with van der Waals surface area (Å²) in [6.07, 6.45) is 3.73. The molecular formula is C15H17F2NO. The molecule has 2 fully saturated rings. The van der Waals surface area contributed by atoms with Crippen LogP contribution in [0.1, 0.15) is 29.6 Å². The molecule has 2 nitrogen and oxygen atoms in total. The second-order valence-electron chi connectivity index (χ2n) is 5.66. The number of carbonyl (C=O) groups is 1. The average Bonchev–Trinajstić information content (AvgIpc) is 2.89. The number of hydrogen-bond donors (Lipinski definition) is 0. The van der Waals surface area contributed by atoms with E-state index < -0.39 is 17.4 Å². The average molecular weight is 265 g/mol. The molecule has 2 aliphatic rings. The number of fused-ring (bicyclic) bond motifs is 1. The van der Waals surface area contributed by atoms with Crippen LogP contribution < -0.4 is 0 Å². The molecule has 0 aromatic heterocycles. The summed E-state index contributed by atoms with van der Waals surface area (Å²) in [6, 6.07) is 3.55. The predicted octanol–water partition coefficient (Wildman–Crippen LogP) is 2.88. The zero-order valence-electron chi connectivity index (χ0n) is 10.7. The summed E-state index contributed by atoms with van der Waals surface area (Å²) in [6.45, 7) is 1.92. The van der Waals surface area contributed by atoms with Gasteiger partial charge in [-0.1, -0.05) is 12.5 Å². The molecule has 2 unspecified atom stereocenters. The van der Waals surface area contributed by atoms with Crippen molar-refractivity contribution >= 4 is 5.78 Å². The molecule has 1 aliphatic carbocycles. The maximum absolute atomic E-state index is 13.5. The molecule has 1 aliphatic heterocycles. The van der Waals surface area contributed by atoms with Crippen LogP contribution >= 0.6 is 0 Å². The topological polar surface area (TPSA) is 20.3 Å². The van der Waals surface area contributed by atoms with Crippen LogP contribution in [0.4, 0.5) is 8.78 Å². The molecule has 1 saturated carbocycles. The van der Waals surface area contributed by atoms with Gasteiger partial charge in [0.05, 0.1) is 12.1 Å². The maximum Gasteiger partial charge on any atom is 0.182 e. The van der Waals surface area contributed by atoms with E-state index in [2.05, 4.69) is 0 Å². The third-order valence-corrected chi connectivity index (χ3v) is 4.41. The van der Waals surface area contributed by atoms with Crippen molar-refractivity contribution in [3.8, 4) is 0 Å². The van der Waals surface area contributed by atoms with E-state index >= 15 is 0 Å². The lowest BCUT2D eigenvalue weighted by molar-refractivity contribution is 0.0932. The molecule has 0 amide bonds. The van der Waals surface area contributed by atoms with E-state index in [0.717, 1.165) is 25.2 Å². The molecule has 2 atom stereocenters. The summed E-state index contributed by atoms with van der Waals surface area (Å²) in [7, 11) is 0. The predicted molar refractivity (Wildman–Crippen MR) is 68.0 cm³/mol. The highest BCUT2D eigenvalue weighted by Gasteiger charge is 2.36. The number of hydrogen-bond acceptors (Lipinski definition) is 2. The Balaban J connectivity index is 1.69. The normalized spacial score (nSPS) is 26.6. The van der Waals surface area contributed by atoms with Gasteiger partial charge >= 0.3 is 0 Å². The summed E-state index contributed by atoms with van der Waals surface area (Å²) in [4.78, 5) is 14.1. The van der Waals surface area contributed by atoms with Crippen LogP contribution in [0.3, 0.4) is 0 Å². The first-order valence-corrected chi connectivity index (χ1v) is 6.84. The van der Waals surface area contributed by atoms with Crippen molar-refractivity contribution in [1.82, 2.24) is 4.90 Å². The molecule has 19 heavy (non-hydrogen) atoms. The standard InChI is InChI=1S/C15H17F2NO/c16-12-5-2-6-13(17)15(12)14(19)9-18-7-10-3-1-4-11(10)8-18/h2,5-6,10-11H,1,3-4,7-9H2. The first kappa shape index (κ1) is 12.7. The summed E-state index contributed by atoms with van der Waals surface area (Å²) in [5.74, 6) is -0.610. The van der Waals surface area contributed by atoms with Crippen molar-refractivity contribution in [2.75, 3.05) is 19.6 Å². The highest BCUT2D eigenvalue weighted by molar-refractivity contribution is 5.98. The number of rotatable bonds is 3. The fourth-order valence-corrected chi connectivity index (χ4v) is 3.51. The Bertz CT molecular complexity index is 471. The Morgan fingerprint density at radius 1 is 1.16 bits per heavy atom. The van der Waals surface area contributed by atoms with Crippen molar-refractivity contribution in [3.63, 3.8) is 0 Å². The minimum atomic E-state index is -0.760. The number of Topliss-reactive ketones (excluding diaryl/α,β-unsaturated/α-hetero) is 1. The summed E-state index contributed by atoms with van der Waals surface area (Å²) >= 11 is 0. The minimum absolute atomic E-state index is 0.130. The molecule has 3 rings (SSSR count). The first-order chi connectivity index (χ1) is 9.15. The molecule has 4 heteroatoms. The van der Waals surface area contributed by atoms with Gasteiger partial charge in [0.25, 0.3) is 0 Å². The van der Waals surface area contributed by atoms with Gasteiger partial charge < -0.3 is 0 Å². The Morgan fingerprint density at radius 3 is 2.32 bits per heavy atom. The van der Waals surface area contributed by atoms with Gasteiger partial charge in [-0.15, -0.1) is 0 Å². The zero-order valence-corrected chi connectivity index (χ0v) is 10.7. The van der Waals surface area contributed by atoms with Gasteiger partial charge in [-0.05, 0) is 36.8 Å². The van der Waals surface area contributed by atoms with Crippen molar-refractivity contribution in [2.45, 2.75) is 19.3 Å². The Kier molecular flexibility index (Phi) is 3.35. The molecular weight excluding hydrogens is 248 g/mol. The highest BCUT2D eigenvalue weighted by Crippen LogP contribution is 2.37. The summed E-state index contributed by atoms with van der Waals surface area (Å²) in [5.41, 5.74) is -0.389. The molecule has 0 N–H and O–H groups in total. The molecule has 0 spiro atoms. The molecule has 1 aromatic carbocycles. The molecule has 1 heterocycles. The Labute approximate surface area is 111 Å². The highest BCUT2D eigenvalue weighted by atomic mass is 19.1. The van der Waals surface area contributed by atoms with Crippen molar-refractivity contribution in [3.05, 3.63) is 35.4 Å². The SMILES string of the molecule is O=C(CN1CC2CCCC2C1)c1c(F)cccc1F. The van der Waals surface area contributed by atoms with Crippen molar-refractivity contribution in [2.24, 2.45) is 11.8 Å². The molecule has 1 aromatic rings. The van der Waals surface area contributed by atoms with E-state index in [0.29, 0.717) is 11.8 Å². The lowest BCUT2D eigenvalue weighted by Gasteiger charge is -2.16. The van der Waals surface area contributed by atoms with Crippen LogP contribution in [0.15, 0.2) is 18.2 Å². The van der Waals surface area contributed by atoms with Crippen molar-refractivity contribution < 1.29 is 13.6 Å². The van der Waals surface area contributed by atoms with Crippen molar-refractivity contribution in [1.29, 1.82) is 0 Å². The van der Waals surface area contributed by atoms with Crippen LogP contribution in [0, 0.1) is 23.5 Å². The minimum Gasteiger partial charge on any atom is -0.295 e. The number of benzene rings is 1. The van der Waals surface area contributed by atoms with Crippen LogP contribution in [0.5, 0.6) is 0 Å². The summed E-state index contributed by atoms with van der Waals surface area (Å²) in [5, 5.41) is 0. The van der Waals surface area contributed by atoms with Gasteiger partial charge in [-0.3, -0.25) is 9.69 Å². The molecule has 0 bridgehead atoms. The smallest absolute Gasteiger partial charge is 0.182 e. The van der Waals surface area contributed by atoms with E-state index in [-0.39, 0.29) is 12.1 Å². The van der Waals surface area contributed by atoms with Gasteiger partial charge in [-0.25, -0.2) is 8.78 Å². The van der Waals surface area contributed by atoms with Crippen LogP contribution in [0.25, 0.3) is 0 Å². The van der Waals surface area contributed by atoms with Gasteiger partial charge in [0.1, 0.15) is 11.6 Å². The lowest BCUT2D eigenvalue weighted by atomic mass is 10.0. The van der Waals surface area contributed by atoms with E-state index in [1.807, 2.05) is 4.90 Å². The van der Waals surface area contributed by atoms with Crippen LogP contribution in [-0.2, 0) is 0 Å².